The third-order valence-corrected chi connectivity index (χ3v) is 12.3. The number of carbonyl (C=O) groups is 4. The number of thioether (sulfide) groups is 2. The normalized spacial score (nSPS) is 22.9. The van der Waals surface area contributed by atoms with Crippen molar-refractivity contribution in [2.24, 2.45) is 5.73 Å². The van der Waals surface area contributed by atoms with E-state index in [1.807, 2.05) is 36.8 Å². The van der Waals surface area contributed by atoms with Crippen LogP contribution in [0.4, 0.5) is 0 Å². The van der Waals surface area contributed by atoms with Crippen molar-refractivity contribution in [1.29, 1.82) is 0 Å². The average molecular weight is 898 g/mol. The van der Waals surface area contributed by atoms with Crippen LogP contribution in [-0.2, 0) is 30.2 Å². The van der Waals surface area contributed by atoms with Crippen LogP contribution in [0.5, 0.6) is 28.7 Å². The van der Waals surface area contributed by atoms with Crippen molar-refractivity contribution < 1.29 is 68.0 Å². The maximum Gasteiger partial charge on any atom is 0.392 e. The fourth-order valence-electron chi connectivity index (χ4n) is 7.50. The number of esters is 1. The quantitative estimate of drug-likeness (QED) is 0.0440. The van der Waals surface area contributed by atoms with Gasteiger partial charge >= 0.3 is 12.3 Å². The number of hydrogen-bond acceptors (Lipinski definition) is 17. The highest BCUT2D eigenvalue weighted by Crippen LogP contribution is 2.52. The average Bonchev–Trinajstić information content (AvgIpc) is 3.23. The number of rotatable bonds is 13. The van der Waals surface area contributed by atoms with Crippen molar-refractivity contribution in [3.63, 3.8) is 0 Å². The van der Waals surface area contributed by atoms with Gasteiger partial charge in [-0.25, -0.2) is 4.79 Å². The molecule has 324 valence electrons. The fourth-order valence-corrected chi connectivity index (χ4v) is 8.32. The summed E-state index contributed by atoms with van der Waals surface area (Å²) in [7, 11) is 0. The second-order valence-electron chi connectivity index (χ2n) is 14.6. The molecular weight excluding hydrogens is 854 g/mol. The van der Waals surface area contributed by atoms with Crippen LogP contribution in [0.2, 0.25) is 0 Å². The number of Topliss-reactive ketones (excluding diaryl/α,β-unsaturated/α-hetero) is 1. The molecule has 4 aromatic rings. The molecule has 7 rings (SSSR count). The lowest BCUT2D eigenvalue weighted by Crippen LogP contribution is -2.52. The van der Waals surface area contributed by atoms with Crippen molar-refractivity contribution >= 4 is 59.2 Å². The van der Waals surface area contributed by atoms with E-state index in [9.17, 15) is 39.6 Å². The summed E-state index contributed by atoms with van der Waals surface area (Å²) >= 11 is 3.06. The van der Waals surface area contributed by atoms with E-state index in [0.29, 0.717) is 11.5 Å². The molecule has 2 aliphatic carbocycles. The molecular formula is C43H44ClNO14S2. The van der Waals surface area contributed by atoms with E-state index in [0.717, 1.165) is 16.7 Å². The summed E-state index contributed by atoms with van der Waals surface area (Å²) in [4.78, 5) is 56.7. The molecule has 4 aromatic carbocycles. The number of aliphatic hydroxyl groups excluding tert-OH is 1. The number of hydrogen-bond donors (Lipinski definition) is 5. The third kappa shape index (κ3) is 9.06. The van der Waals surface area contributed by atoms with Crippen molar-refractivity contribution in [3.05, 3.63) is 100 Å². The van der Waals surface area contributed by atoms with Gasteiger partial charge in [0.15, 0.2) is 17.9 Å². The van der Waals surface area contributed by atoms with Gasteiger partial charge in [-0.1, -0.05) is 12.1 Å². The highest BCUT2D eigenvalue weighted by molar-refractivity contribution is 7.98. The molecule has 0 radical (unpaired) electrons. The standard InChI is InChI=1S/C43H43NO14S2.ClH/c1-20-36(46)28(44)16-31(55-20)58-30-18-43(52,21(2)45)17-27-33(30)40(50)35-34(38(27)48)37(47)26-6-5-7-29(32(26)39(35)49)53-19-54-41(51)42(56-22-8-12-24(59-3)13-9-22)57-23-10-14-25(60-4)15-11-23;/h5-15,20,28,30-31,36,42,46,48,50,52H,16-19,44H2,1-4H3;1H/t20?,28?,30-,31?,36?,43-;/m0./s1. The molecule has 15 nitrogen and oxygen atoms in total. The Bertz CT molecular complexity index is 2270. The van der Waals surface area contributed by atoms with Gasteiger partial charge in [-0.05, 0) is 81.0 Å². The smallest absolute Gasteiger partial charge is 0.392 e. The van der Waals surface area contributed by atoms with E-state index in [2.05, 4.69) is 0 Å². The van der Waals surface area contributed by atoms with Crippen LogP contribution in [0.3, 0.4) is 0 Å². The second kappa shape index (κ2) is 18.6. The summed E-state index contributed by atoms with van der Waals surface area (Å²) in [6.45, 7) is 1.98. The Morgan fingerprint density at radius 1 is 0.902 bits per heavy atom. The van der Waals surface area contributed by atoms with E-state index in [1.54, 1.807) is 31.2 Å². The monoisotopic (exact) mass is 897 g/mol. The molecule has 61 heavy (non-hydrogen) atoms. The van der Waals surface area contributed by atoms with Gasteiger partial charge < -0.3 is 54.6 Å². The third-order valence-electron chi connectivity index (χ3n) is 10.8. The van der Waals surface area contributed by atoms with Crippen molar-refractivity contribution in [2.75, 3.05) is 19.3 Å². The minimum Gasteiger partial charge on any atom is -0.507 e. The number of carbonyl (C=O) groups excluding carboxylic acids is 4. The molecule has 4 unspecified atom stereocenters. The Balaban J connectivity index is 0.00000622. The molecule has 1 fully saturated rings. The Hall–Kier alpha value is -4.85. The van der Waals surface area contributed by atoms with Crippen LogP contribution in [-0.4, -0.2) is 99.5 Å². The lowest BCUT2D eigenvalue weighted by Gasteiger charge is -2.42. The predicted octanol–water partition coefficient (Wildman–Crippen LogP) is 5.25. The van der Waals surface area contributed by atoms with Crippen molar-refractivity contribution in [1.82, 2.24) is 0 Å². The van der Waals surface area contributed by atoms with Gasteiger partial charge in [-0.15, -0.1) is 35.9 Å². The van der Waals surface area contributed by atoms with E-state index in [1.165, 1.54) is 41.7 Å². The van der Waals surface area contributed by atoms with Gasteiger partial charge in [0, 0.05) is 51.8 Å². The molecule has 0 amide bonds. The topological polar surface area (TPSA) is 231 Å². The lowest BCUT2D eigenvalue weighted by atomic mass is 9.72. The number of aromatic hydroxyl groups is 2. The molecule has 3 aliphatic rings. The van der Waals surface area contributed by atoms with Gasteiger partial charge in [-0.2, -0.15) is 0 Å². The van der Waals surface area contributed by atoms with E-state index < -0.39 is 108 Å². The molecule has 1 heterocycles. The minimum atomic E-state index is -2.09. The number of benzene rings is 4. The van der Waals surface area contributed by atoms with Crippen LogP contribution in [0, 0.1) is 0 Å². The van der Waals surface area contributed by atoms with Crippen molar-refractivity contribution in [2.45, 2.75) is 85.4 Å². The van der Waals surface area contributed by atoms with Crippen LogP contribution in [0.25, 0.3) is 0 Å². The Kier molecular flexibility index (Phi) is 14.0. The lowest BCUT2D eigenvalue weighted by molar-refractivity contribution is -0.247. The number of phenols is 2. The Morgan fingerprint density at radius 3 is 2.05 bits per heavy atom. The molecule has 1 saturated heterocycles. The second-order valence-corrected chi connectivity index (χ2v) is 16.3. The van der Waals surface area contributed by atoms with Crippen LogP contribution in [0.1, 0.15) is 75.8 Å². The first kappa shape index (κ1) is 45.7. The zero-order valence-corrected chi connectivity index (χ0v) is 35.8. The van der Waals surface area contributed by atoms with Crippen LogP contribution in [0.15, 0.2) is 76.5 Å². The largest absolute Gasteiger partial charge is 0.507 e. The fraction of sp³-hybridized carbons (Fsp3) is 0.349. The van der Waals surface area contributed by atoms with Gasteiger partial charge in [-0.3, -0.25) is 14.4 Å². The SMILES string of the molecule is CSc1ccc(OC(Oc2ccc(SC)cc2)C(=O)OCOc2cccc3c2C(=O)c2c(O)c4c(c(O)c2C3=O)C[C@@](O)(C(C)=O)C[C@@H]4OC2CC(N)C(O)C(C)O2)cc1.Cl. The van der Waals surface area contributed by atoms with Crippen molar-refractivity contribution in [3.8, 4) is 28.7 Å². The van der Waals surface area contributed by atoms with E-state index >= 15 is 0 Å². The first-order valence-corrected chi connectivity index (χ1v) is 21.3. The van der Waals surface area contributed by atoms with E-state index in [-0.39, 0.29) is 46.8 Å². The number of ketones is 3. The summed E-state index contributed by atoms with van der Waals surface area (Å²) in [5.41, 5.74) is 2.12. The highest BCUT2D eigenvalue weighted by atomic mass is 35.5. The number of nitrogens with two attached hydrogens (primary N) is 1. The maximum atomic E-state index is 14.4. The van der Waals surface area contributed by atoms with Crippen LogP contribution < -0.4 is 19.9 Å². The molecule has 0 aromatic heterocycles. The number of phenolic OH excluding ortho intramolecular Hbond substituents is 2. The summed E-state index contributed by atoms with van der Waals surface area (Å²) in [5, 5.41) is 45.4. The summed E-state index contributed by atoms with van der Waals surface area (Å²) in [6.07, 6.45) is -2.85. The number of aliphatic hydroxyl groups is 2. The van der Waals surface area contributed by atoms with Crippen LogP contribution >= 0.6 is 35.9 Å². The molecule has 0 bridgehead atoms. The predicted molar refractivity (Wildman–Crippen MR) is 224 cm³/mol. The zero-order valence-electron chi connectivity index (χ0n) is 33.3. The molecule has 6 N–H and O–H groups in total. The van der Waals surface area contributed by atoms with Gasteiger partial charge in [0.2, 0.25) is 12.6 Å². The summed E-state index contributed by atoms with van der Waals surface area (Å²) in [6, 6.07) is 17.3. The molecule has 1 aliphatic heterocycles. The Labute approximate surface area is 365 Å². The molecule has 18 heteroatoms. The maximum absolute atomic E-state index is 14.4. The summed E-state index contributed by atoms with van der Waals surface area (Å²) in [5.74, 6) is -4.41. The van der Waals surface area contributed by atoms with Gasteiger partial charge in [0.25, 0.3) is 0 Å². The number of fused-ring (bicyclic) bond motifs is 3. The minimum absolute atomic E-state index is 0. The van der Waals surface area contributed by atoms with Gasteiger partial charge in [0.05, 0.1) is 35.0 Å². The highest BCUT2D eigenvalue weighted by Gasteiger charge is 2.49. The first-order valence-electron chi connectivity index (χ1n) is 18.9. The number of ether oxygens (including phenoxy) is 6. The van der Waals surface area contributed by atoms with E-state index in [4.69, 9.17) is 34.2 Å². The summed E-state index contributed by atoms with van der Waals surface area (Å²) < 4.78 is 34.9. The molecule has 0 spiro atoms. The van der Waals surface area contributed by atoms with Gasteiger partial charge in [0.1, 0.15) is 34.3 Å². The number of halogens is 1. The first-order chi connectivity index (χ1) is 28.6. The Morgan fingerprint density at radius 2 is 1.49 bits per heavy atom. The molecule has 0 saturated carbocycles. The molecule has 6 atom stereocenters. The zero-order chi connectivity index (χ0) is 43.0.